The van der Waals surface area contributed by atoms with Gasteiger partial charge in [-0.25, -0.2) is 0 Å². The van der Waals surface area contributed by atoms with Crippen LogP contribution in [0.15, 0.2) is 54.6 Å². The molecule has 2 fully saturated rings. The van der Waals surface area contributed by atoms with Crippen molar-refractivity contribution in [1.82, 2.24) is 79.8 Å². The molecule has 52 heteroatoms. The molecule has 24 atom stereocenters. The molecule has 0 unspecified atom stereocenters. The first-order valence-corrected chi connectivity index (χ1v) is 49.2. The molecule has 17 amide bonds. The van der Waals surface area contributed by atoms with Crippen molar-refractivity contribution in [2.24, 2.45) is 52.3 Å². The van der Waals surface area contributed by atoms with E-state index in [0.29, 0.717) is 11.1 Å². The number of phenolic OH excluding ortho intramolecular Hbond substituents is 1. The van der Waals surface area contributed by atoms with Gasteiger partial charge < -0.3 is 178 Å². The van der Waals surface area contributed by atoms with Crippen LogP contribution in [0, 0.1) is 23.7 Å². The van der Waals surface area contributed by atoms with Crippen molar-refractivity contribution in [2.45, 2.75) is 344 Å². The van der Waals surface area contributed by atoms with Crippen LogP contribution in [0.5, 0.6) is 5.75 Å². The number of carbonyl (C=O) groups excluding carboxylic acids is 17. The van der Waals surface area contributed by atoms with Crippen LogP contribution >= 0.6 is 0 Å². The molecule has 35 N–H and O–H groups in total. The van der Waals surface area contributed by atoms with E-state index in [1.807, 2.05) is 0 Å². The normalized spacial score (nSPS) is 20.6. The third-order valence-electron chi connectivity index (χ3n) is 23.7. The third kappa shape index (κ3) is 44.6. The van der Waals surface area contributed by atoms with Crippen LogP contribution in [-0.2, 0) is 118 Å². The minimum atomic E-state index is -2.13. The molecule has 147 heavy (non-hydrogen) atoms. The number of benzene rings is 2. The lowest BCUT2D eigenvalue weighted by Crippen LogP contribution is -2.65. The topological polar surface area (TPSA) is 857 Å². The number of nitrogens with one attached hydrogen (secondary N) is 15. The molecule has 0 spiro atoms. The van der Waals surface area contributed by atoms with Gasteiger partial charge in [-0.05, 0) is 171 Å². The molecule has 2 aromatic rings. The Kier molecular flexibility index (Phi) is 55.2. The van der Waals surface area contributed by atoms with Gasteiger partial charge in [-0.15, -0.1) is 0 Å². The number of aliphatic hydroxyl groups excluding tert-OH is 8. The van der Waals surface area contributed by atoms with E-state index in [0.717, 1.165) is 0 Å². The summed E-state index contributed by atoms with van der Waals surface area (Å²) >= 11 is 0. The van der Waals surface area contributed by atoms with E-state index >= 15 is 0 Å². The molecule has 0 saturated carbocycles. The van der Waals surface area contributed by atoms with Crippen LogP contribution in [0.2, 0.25) is 0 Å². The van der Waals surface area contributed by atoms with E-state index in [-0.39, 0.29) is 133 Å². The molecule has 0 radical (unpaired) electrons. The fraction of sp³-hybridized carbons (Fsp3) is 0.684. The van der Waals surface area contributed by atoms with Gasteiger partial charge in [-0.1, -0.05) is 97.9 Å². The predicted molar refractivity (Wildman–Crippen MR) is 524 cm³/mol. The molecule has 52 nitrogen and oxygen atoms in total. The average molecular weight is 2090 g/mol. The van der Waals surface area contributed by atoms with E-state index in [1.54, 1.807) is 97.9 Å². The monoisotopic (exact) mass is 2090 g/mol. The van der Waals surface area contributed by atoms with Crippen LogP contribution < -0.4 is 108 Å². The second kappa shape index (κ2) is 63.7. The lowest BCUT2D eigenvalue weighted by molar-refractivity contribution is -0.359. The summed E-state index contributed by atoms with van der Waals surface area (Å²) in [5.41, 5.74) is 28.1. The zero-order valence-electron chi connectivity index (χ0n) is 85.2. The van der Waals surface area contributed by atoms with Crippen LogP contribution in [0.25, 0.3) is 0 Å². The zero-order valence-corrected chi connectivity index (χ0v) is 85.2. The van der Waals surface area contributed by atoms with Crippen molar-refractivity contribution < 1.29 is 156 Å². The Hall–Kier alpha value is -11.9. The van der Waals surface area contributed by atoms with E-state index in [9.17, 15) is 137 Å². The summed E-state index contributed by atoms with van der Waals surface area (Å²) in [5, 5.41) is 142. The molecule has 0 aliphatic carbocycles. The third-order valence-corrected chi connectivity index (χ3v) is 23.7. The number of rotatable bonds is 66. The Morgan fingerprint density at radius 1 is 0.429 bits per heavy atom. The van der Waals surface area contributed by atoms with Crippen molar-refractivity contribution in [2.75, 3.05) is 46.0 Å². The summed E-state index contributed by atoms with van der Waals surface area (Å²) in [6, 6.07) is -5.35. The van der Waals surface area contributed by atoms with Crippen LogP contribution in [0.3, 0.4) is 0 Å². The number of phenols is 1. The van der Waals surface area contributed by atoms with Gasteiger partial charge in [0.25, 0.3) is 0 Å². The van der Waals surface area contributed by atoms with Gasteiger partial charge in [-0.3, -0.25) is 86.3 Å². The number of aliphatic carboxylic acids is 1. The Bertz CT molecular complexity index is 4620. The summed E-state index contributed by atoms with van der Waals surface area (Å²) < 4.78 is 22.5. The van der Waals surface area contributed by atoms with Gasteiger partial charge in [0.2, 0.25) is 100 Å². The van der Waals surface area contributed by atoms with Gasteiger partial charge in [0.05, 0.1) is 44.9 Å². The number of amides is 17. The molecule has 2 aromatic carbocycles. The number of ether oxygens (including phenoxy) is 4. The summed E-state index contributed by atoms with van der Waals surface area (Å²) in [6.45, 7) is 15.0. The lowest BCUT2D eigenvalue weighted by Gasteiger charge is -2.46. The van der Waals surface area contributed by atoms with Crippen molar-refractivity contribution in [3.05, 3.63) is 65.7 Å². The Morgan fingerprint density at radius 2 is 0.884 bits per heavy atom. The van der Waals surface area contributed by atoms with Gasteiger partial charge >= 0.3 is 5.97 Å². The lowest BCUT2D eigenvalue weighted by atomic mass is 9.97. The molecule has 2 saturated heterocycles. The number of unbranched alkanes of at least 4 members (excludes halogenated alkanes) is 2. The number of carboxylic acids is 1. The van der Waals surface area contributed by atoms with E-state index in [1.165, 1.54) is 39.8 Å². The molecule has 0 aromatic heterocycles. The first-order chi connectivity index (χ1) is 69.0. The number of carboxylic acid groups (broad SMARTS) is 1. The molecular weight excluding hydrogens is 1930 g/mol. The highest BCUT2D eigenvalue weighted by molar-refractivity contribution is 6.01. The van der Waals surface area contributed by atoms with Crippen LogP contribution in [-0.4, -0.2) is 355 Å². The molecule has 4 rings (SSSR count). The number of hydrogen-bond acceptors (Lipinski definition) is 34. The van der Waals surface area contributed by atoms with Crippen LogP contribution in [0.1, 0.15) is 191 Å². The van der Waals surface area contributed by atoms with Gasteiger partial charge in [0, 0.05) is 25.8 Å². The summed E-state index contributed by atoms with van der Waals surface area (Å²) in [6.07, 6.45) is -22.6. The second-order valence-corrected chi connectivity index (χ2v) is 39.0. The maximum absolute atomic E-state index is 14.7. The number of primary amides is 2. The maximum Gasteiger partial charge on any atom is 0.303 e. The van der Waals surface area contributed by atoms with Crippen LogP contribution in [0.4, 0.5) is 0 Å². The Labute approximate surface area is 852 Å². The molecule has 828 valence electrons. The molecule has 0 bridgehead atoms. The van der Waals surface area contributed by atoms with Gasteiger partial charge in [-0.2, -0.15) is 0 Å². The fourth-order valence-electron chi connectivity index (χ4n) is 15.5. The molecule has 2 aliphatic heterocycles. The number of aromatic hydroxyl groups is 1. The van der Waals surface area contributed by atoms with Gasteiger partial charge in [0.15, 0.2) is 12.6 Å². The molecular formula is C95H156N20O32. The highest BCUT2D eigenvalue weighted by Gasteiger charge is 2.52. The zero-order chi connectivity index (χ0) is 111. The minimum Gasteiger partial charge on any atom is -0.508 e. The smallest absolute Gasteiger partial charge is 0.303 e. The first kappa shape index (κ1) is 127. The SMILES string of the molecule is CC(C)C[C@H](NC(=O)[C@H](CO[C@@H]1O[C@H](CO)[C@@H](O[C@@H]2O[C@H](CO)[C@@H](O)[C@H](O)[C@H]2O)[C@H](O)[C@H]1O)NC(=O)[C@H](CCCCN)NC(=O)[C@H](CC(C)C)NC(=O)[C@H](C)NC(=O)[C@H](CCCCN)NC(=O)[C@H](CCC(=O)O)NC(=O)C(C)(C)NC(=O)[C@H](CC(C)C)NC(=O)[C@H](CC(N)=O)NC(=O)CCCNC(=O)[C@H](CC(C)C)NC(=O)[C@H](Cc1ccccc1)NC(=O)CNC(=O)[C@@H](NC(=O)[C@@H](N)Cc1ccc(O)cc1)[C@@H](C)O)C(N)=O. The standard InChI is InChI=1S/C95H156N20O32/c1-46(2)35-59(79(100)130)108-89(140)65(45-144-92-77(129)75(127)78(67(44-117)146-92)147-93-76(128)74(126)73(125)66(43-116)145-93)112-84(135)57(24-17-19-33-97)107-86(137)61(37-48(5)6)109-80(131)50(9)103-83(134)56(23-16-18-32-96)106-85(136)58(30-31-71(123)124)113-94(143)95(11,12)115-90(141)62(38-49(7)8)111-88(139)64(41-68(99)120)104-69(121)25-20-34-101-82(133)60(36-47(3)4)110-87(138)63(40-52-21-14-13-15-22-52)105-70(122)42-102-91(142)72(51(10)118)114-81(132)55(98)39-53-26-28-54(119)29-27-53/h13-15,21-22,26-29,46-51,55-67,72-78,92-93,116-119,125-129H,16-20,23-25,30-45,96-98H2,1-12H3,(H2,99,120)(H2,100,130)(H,101,133)(H,102,142)(H,103,134)(H,104,121)(H,105,122)(H,106,136)(H,107,137)(H,108,140)(H,109,131)(H,110,138)(H,111,139)(H,112,135)(H,113,143)(H,114,132)(H,115,141)(H,123,124)/t50-,51+,55-,56-,57-,58-,59-,60-,61-,62-,63-,64-,65-,66+,67+,72-,73+,74-,75+,76+,77+,78+,92+,93-/m0/s1. The van der Waals surface area contributed by atoms with Gasteiger partial charge in [0.1, 0.15) is 133 Å². The van der Waals surface area contributed by atoms with E-state index in [4.69, 9.17) is 47.6 Å². The van der Waals surface area contributed by atoms with Crippen molar-refractivity contribution in [1.29, 1.82) is 0 Å². The Balaban J connectivity index is 1.46. The quantitative estimate of drug-likeness (QED) is 0.0274. The number of aliphatic hydroxyl groups is 8. The summed E-state index contributed by atoms with van der Waals surface area (Å²) in [7, 11) is 0. The summed E-state index contributed by atoms with van der Waals surface area (Å²) in [4.78, 5) is 249. The van der Waals surface area contributed by atoms with E-state index in [2.05, 4.69) is 79.8 Å². The Morgan fingerprint density at radius 3 is 1.41 bits per heavy atom. The van der Waals surface area contributed by atoms with Crippen molar-refractivity contribution in [3.63, 3.8) is 0 Å². The molecule has 2 heterocycles. The highest BCUT2D eigenvalue weighted by Crippen LogP contribution is 2.31. The number of nitrogens with two attached hydrogens (primary N) is 5. The molecule has 2 aliphatic rings. The second-order valence-electron chi connectivity index (χ2n) is 39.0. The number of carbonyl (C=O) groups is 18. The van der Waals surface area contributed by atoms with Crippen molar-refractivity contribution >= 4 is 106 Å². The number of hydrogen-bond donors (Lipinski definition) is 30. The van der Waals surface area contributed by atoms with Crippen molar-refractivity contribution in [3.8, 4) is 5.75 Å². The summed E-state index contributed by atoms with van der Waals surface area (Å²) in [5.74, 6) is -19.2. The predicted octanol–water partition coefficient (Wildman–Crippen LogP) is -9.06. The fourth-order valence-corrected chi connectivity index (χ4v) is 15.5. The maximum atomic E-state index is 14.7. The minimum absolute atomic E-state index is 0.00528. The van der Waals surface area contributed by atoms with E-state index < -0.39 is 310 Å². The largest absolute Gasteiger partial charge is 0.508 e. The highest BCUT2D eigenvalue weighted by atomic mass is 16.7. The first-order valence-electron chi connectivity index (χ1n) is 49.2. The average Bonchev–Trinajstić information content (AvgIpc) is 0.783.